The van der Waals surface area contributed by atoms with Gasteiger partial charge in [0.05, 0.1) is 15.7 Å². The van der Waals surface area contributed by atoms with E-state index in [1.54, 1.807) is 11.6 Å². The third-order valence-electron chi connectivity index (χ3n) is 2.22. The average Bonchev–Trinajstić information content (AvgIpc) is 2.99. The summed E-state index contributed by atoms with van der Waals surface area (Å²) in [6.07, 6.45) is 1.29. The lowest BCUT2D eigenvalue weighted by atomic mass is 10.3. The lowest BCUT2D eigenvalue weighted by molar-refractivity contribution is 0.101. The lowest BCUT2D eigenvalue weighted by Crippen LogP contribution is -2.13. The summed E-state index contributed by atoms with van der Waals surface area (Å²) >= 11 is 1.53. The van der Waals surface area contributed by atoms with Crippen LogP contribution < -0.4 is 5.32 Å². The van der Waals surface area contributed by atoms with Crippen LogP contribution in [0.4, 0.5) is 5.69 Å². The zero-order valence-corrected chi connectivity index (χ0v) is 9.36. The number of benzene rings is 1. The van der Waals surface area contributed by atoms with E-state index >= 15 is 0 Å². The minimum Gasteiger partial charge on any atom is -0.319 e. The van der Waals surface area contributed by atoms with Gasteiger partial charge in [-0.2, -0.15) is 5.10 Å². The van der Waals surface area contributed by atoms with Crippen molar-refractivity contribution in [3.8, 4) is 0 Å². The molecule has 0 atom stereocenters. The molecule has 0 saturated heterocycles. The van der Waals surface area contributed by atoms with Gasteiger partial charge in [0.25, 0.3) is 5.91 Å². The standard InChI is InChI=1S/C10H7N5OS/c16-10(9-11-4-13-15-9)14-6-1-2-7-8(3-6)17-5-12-7/h1-5H,(H,14,16)(H,11,13,15). The van der Waals surface area contributed by atoms with Gasteiger partial charge in [0.2, 0.25) is 5.82 Å². The summed E-state index contributed by atoms with van der Waals surface area (Å²) in [7, 11) is 0. The Hall–Kier alpha value is -2.28. The highest BCUT2D eigenvalue weighted by molar-refractivity contribution is 7.16. The Balaban J connectivity index is 1.87. The van der Waals surface area contributed by atoms with Crippen molar-refractivity contribution < 1.29 is 4.79 Å². The monoisotopic (exact) mass is 245 g/mol. The van der Waals surface area contributed by atoms with Crippen LogP contribution in [0.2, 0.25) is 0 Å². The Bertz CT molecular complexity index is 660. The van der Waals surface area contributed by atoms with Crippen molar-refractivity contribution in [3.05, 3.63) is 35.9 Å². The van der Waals surface area contributed by atoms with E-state index in [1.807, 2.05) is 12.1 Å². The van der Waals surface area contributed by atoms with Crippen LogP contribution in [0.25, 0.3) is 10.2 Å². The molecular weight excluding hydrogens is 238 g/mol. The van der Waals surface area contributed by atoms with Crippen LogP contribution in [0.1, 0.15) is 10.6 Å². The molecule has 7 heteroatoms. The van der Waals surface area contributed by atoms with Crippen molar-refractivity contribution in [1.29, 1.82) is 0 Å². The second-order valence-corrected chi connectivity index (χ2v) is 4.21. The number of nitrogens with one attached hydrogen (secondary N) is 2. The van der Waals surface area contributed by atoms with Gasteiger partial charge in [0, 0.05) is 5.69 Å². The minimum absolute atomic E-state index is 0.189. The summed E-state index contributed by atoms with van der Waals surface area (Å²) in [5.41, 5.74) is 3.41. The second kappa shape index (κ2) is 3.95. The molecule has 2 N–H and O–H groups in total. The Kier molecular flexibility index (Phi) is 2.30. The number of hydrogen-bond acceptors (Lipinski definition) is 5. The summed E-state index contributed by atoms with van der Waals surface area (Å²) < 4.78 is 1.03. The normalized spacial score (nSPS) is 10.6. The average molecular weight is 245 g/mol. The fraction of sp³-hybridized carbons (Fsp3) is 0. The molecule has 2 heterocycles. The van der Waals surface area contributed by atoms with E-state index in [4.69, 9.17) is 0 Å². The van der Waals surface area contributed by atoms with Crippen LogP contribution in [0.15, 0.2) is 30.0 Å². The molecule has 17 heavy (non-hydrogen) atoms. The summed E-state index contributed by atoms with van der Waals surface area (Å²) in [6, 6.07) is 5.54. The molecule has 3 rings (SSSR count). The topological polar surface area (TPSA) is 83.6 Å². The molecule has 1 aromatic carbocycles. The van der Waals surface area contributed by atoms with Crippen molar-refractivity contribution in [2.24, 2.45) is 0 Å². The van der Waals surface area contributed by atoms with E-state index in [-0.39, 0.29) is 11.7 Å². The molecule has 1 amide bonds. The van der Waals surface area contributed by atoms with E-state index in [1.165, 1.54) is 17.7 Å². The Morgan fingerprint density at radius 1 is 1.35 bits per heavy atom. The number of nitrogens with zero attached hydrogens (tertiary/aromatic N) is 3. The number of aromatic nitrogens is 4. The highest BCUT2D eigenvalue weighted by Gasteiger charge is 2.09. The van der Waals surface area contributed by atoms with Gasteiger partial charge >= 0.3 is 0 Å². The minimum atomic E-state index is -0.314. The maximum atomic E-state index is 11.7. The molecule has 0 aliphatic rings. The number of thiazole rings is 1. The van der Waals surface area contributed by atoms with Crippen molar-refractivity contribution in [2.75, 3.05) is 5.32 Å². The SMILES string of the molecule is O=C(Nc1ccc2ncsc2c1)c1ncn[nH]1. The molecule has 2 aromatic heterocycles. The van der Waals surface area contributed by atoms with Crippen LogP contribution in [-0.2, 0) is 0 Å². The van der Waals surface area contributed by atoms with Crippen molar-refractivity contribution >= 4 is 33.1 Å². The molecule has 0 aliphatic carbocycles. The maximum absolute atomic E-state index is 11.7. The van der Waals surface area contributed by atoms with E-state index in [0.29, 0.717) is 5.69 Å². The summed E-state index contributed by atoms with van der Waals surface area (Å²) in [5, 5.41) is 8.86. The Morgan fingerprint density at radius 3 is 3.12 bits per heavy atom. The predicted octanol–water partition coefficient (Wildman–Crippen LogP) is 1.67. The molecule has 0 saturated carbocycles. The van der Waals surface area contributed by atoms with Crippen LogP contribution in [0.5, 0.6) is 0 Å². The van der Waals surface area contributed by atoms with Gasteiger partial charge in [-0.25, -0.2) is 9.97 Å². The van der Waals surface area contributed by atoms with Crippen LogP contribution in [0.3, 0.4) is 0 Å². The number of rotatable bonds is 2. The zero-order chi connectivity index (χ0) is 11.7. The van der Waals surface area contributed by atoms with E-state index in [0.717, 1.165) is 10.2 Å². The number of amides is 1. The first-order valence-corrected chi connectivity index (χ1v) is 5.71. The van der Waals surface area contributed by atoms with Gasteiger partial charge in [-0.15, -0.1) is 11.3 Å². The first-order valence-electron chi connectivity index (χ1n) is 4.83. The smallest absolute Gasteiger partial charge is 0.292 e. The van der Waals surface area contributed by atoms with Crippen molar-refractivity contribution in [3.63, 3.8) is 0 Å². The molecule has 0 radical (unpaired) electrons. The van der Waals surface area contributed by atoms with Gasteiger partial charge in [-0.1, -0.05) is 0 Å². The summed E-state index contributed by atoms with van der Waals surface area (Å²) in [5.74, 6) is -0.124. The number of anilines is 1. The number of carbonyl (C=O) groups is 1. The maximum Gasteiger partial charge on any atom is 0.292 e. The van der Waals surface area contributed by atoms with Gasteiger partial charge in [0.15, 0.2) is 0 Å². The van der Waals surface area contributed by atoms with Crippen LogP contribution >= 0.6 is 11.3 Å². The largest absolute Gasteiger partial charge is 0.319 e. The third kappa shape index (κ3) is 1.87. The van der Waals surface area contributed by atoms with Crippen LogP contribution in [-0.4, -0.2) is 26.1 Å². The number of H-pyrrole nitrogens is 1. The summed E-state index contributed by atoms with van der Waals surface area (Å²) in [4.78, 5) is 19.6. The number of aromatic amines is 1. The fourth-order valence-corrected chi connectivity index (χ4v) is 2.15. The predicted molar refractivity (Wildman–Crippen MR) is 64.0 cm³/mol. The number of fused-ring (bicyclic) bond motifs is 1. The zero-order valence-electron chi connectivity index (χ0n) is 8.54. The van der Waals surface area contributed by atoms with Gasteiger partial charge < -0.3 is 5.32 Å². The highest BCUT2D eigenvalue weighted by atomic mass is 32.1. The first-order chi connectivity index (χ1) is 8.33. The van der Waals surface area contributed by atoms with E-state index in [9.17, 15) is 4.79 Å². The van der Waals surface area contributed by atoms with E-state index < -0.39 is 0 Å². The van der Waals surface area contributed by atoms with Gasteiger partial charge in [-0.3, -0.25) is 9.89 Å². The lowest BCUT2D eigenvalue weighted by Gasteiger charge is -2.02. The van der Waals surface area contributed by atoms with Crippen LogP contribution in [0, 0.1) is 0 Å². The quantitative estimate of drug-likeness (QED) is 0.719. The van der Waals surface area contributed by atoms with E-state index in [2.05, 4.69) is 25.5 Å². The number of carbonyl (C=O) groups excluding carboxylic acids is 1. The van der Waals surface area contributed by atoms with Crippen molar-refractivity contribution in [2.45, 2.75) is 0 Å². The number of hydrogen-bond donors (Lipinski definition) is 2. The molecule has 0 aliphatic heterocycles. The Morgan fingerprint density at radius 2 is 2.29 bits per heavy atom. The molecule has 0 fully saturated rings. The first kappa shape index (κ1) is 9.91. The molecule has 0 unspecified atom stereocenters. The second-order valence-electron chi connectivity index (χ2n) is 3.32. The molecule has 0 spiro atoms. The molecule has 6 nitrogen and oxygen atoms in total. The Labute approximate surface area is 99.7 Å². The molecular formula is C10H7N5OS. The van der Waals surface area contributed by atoms with Crippen molar-refractivity contribution in [1.82, 2.24) is 20.2 Å². The summed E-state index contributed by atoms with van der Waals surface area (Å²) in [6.45, 7) is 0. The molecule has 84 valence electrons. The molecule has 0 bridgehead atoms. The van der Waals surface area contributed by atoms with Gasteiger partial charge in [0.1, 0.15) is 6.33 Å². The fourth-order valence-electron chi connectivity index (χ4n) is 1.44. The third-order valence-corrected chi connectivity index (χ3v) is 3.01. The highest BCUT2D eigenvalue weighted by Crippen LogP contribution is 2.21. The molecule has 3 aromatic rings. The van der Waals surface area contributed by atoms with Gasteiger partial charge in [-0.05, 0) is 18.2 Å².